The molecule has 2 rings (SSSR count). The summed E-state index contributed by atoms with van der Waals surface area (Å²) in [7, 11) is 0. The fourth-order valence-corrected chi connectivity index (χ4v) is 1.46. The van der Waals surface area contributed by atoms with Crippen LogP contribution < -0.4 is 4.90 Å². The van der Waals surface area contributed by atoms with Crippen molar-refractivity contribution in [1.82, 2.24) is 0 Å². The normalized spacial score (nSPS) is 16.5. The van der Waals surface area contributed by atoms with E-state index in [1.54, 1.807) is 6.07 Å². The van der Waals surface area contributed by atoms with Crippen LogP contribution in [-0.2, 0) is 9.59 Å². The Morgan fingerprint density at radius 1 is 1.29 bits per heavy atom. The zero-order valence-corrected chi connectivity index (χ0v) is 7.37. The minimum absolute atomic E-state index is 0.0578. The fraction of sp³-hybridized carbons (Fsp3) is 0.200. The second-order valence-corrected chi connectivity index (χ2v) is 3.18. The topological polar surface area (TPSA) is 37.4 Å². The van der Waals surface area contributed by atoms with E-state index in [1.165, 1.54) is 23.1 Å². The lowest BCUT2D eigenvalue weighted by molar-refractivity contribution is -0.121. The van der Waals surface area contributed by atoms with Crippen molar-refractivity contribution < 1.29 is 14.0 Å². The minimum Gasteiger partial charge on any atom is -0.304 e. The quantitative estimate of drug-likeness (QED) is 0.627. The van der Waals surface area contributed by atoms with E-state index in [1.807, 2.05) is 0 Å². The Hall–Kier alpha value is -1.71. The Kier molecular flexibility index (Phi) is 2.04. The molecule has 0 atom stereocenters. The van der Waals surface area contributed by atoms with Crippen molar-refractivity contribution in [3.8, 4) is 0 Å². The number of amides is 1. The maximum Gasteiger partial charge on any atom is 0.234 e. The van der Waals surface area contributed by atoms with Gasteiger partial charge in [-0.05, 0) is 18.2 Å². The number of halogens is 1. The average molecular weight is 193 g/mol. The zero-order chi connectivity index (χ0) is 10.1. The smallest absolute Gasteiger partial charge is 0.234 e. The molecule has 0 saturated carbocycles. The molecule has 1 heterocycles. The highest BCUT2D eigenvalue weighted by Gasteiger charge is 2.28. The van der Waals surface area contributed by atoms with Crippen molar-refractivity contribution in [2.24, 2.45) is 0 Å². The van der Waals surface area contributed by atoms with E-state index in [0.717, 1.165) is 0 Å². The van der Waals surface area contributed by atoms with Crippen molar-refractivity contribution in [2.75, 3.05) is 11.4 Å². The molecular formula is C10H8FNO2. The highest BCUT2D eigenvalue weighted by molar-refractivity contribution is 6.14. The van der Waals surface area contributed by atoms with Gasteiger partial charge in [-0.25, -0.2) is 4.39 Å². The van der Waals surface area contributed by atoms with E-state index >= 15 is 0 Å². The Morgan fingerprint density at radius 3 is 2.64 bits per heavy atom. The number of carbonyl (C=O) groups is 2. The number of anilines is 1. The molecule has 14 heavy (non-hydrogen) atoms. The van der Waals surface area contributed by atoms with Gasteiger partial charge in [-0.2, -0.15) is 0 Å². The standard InChI is InChI=1S/C10H8FNO2/c11-7-2-1-3-8(4-7)12-6-9(13)5-10(12)14/h1-4H,5-6H2. The number of ketones is 1. The molecule has 1 fully saturated rings. The SMILES string of the molecule is O=C1CC(=O)N(c2cccc(F)c2)C1. The van der Waals surface area contributed by atoms with Crippen LogP contribution >= 0.6 is 0 Å². The van der Waals surface area contributed by atoms with Crippen molar-refractivity contribution in [1.29, 1.82) is 0 Å². The summed E-state index contributed by atoms with van der Waals surface area (Å²) in [6.45, 7) is 0.0578. The third kappa shape index (κ3) is 1.51. The van der Waals surface area contributed by atoms with Crippen LogP contribution in [0, 0.1) is 5.82 Å². The summed E-state index contributed by atoms with van der Waals surface area (Å²) in [4.78, 5) is 23.5. The molecule has 0 spiro atoms. The lowest BCUT2D eigenvalue weighted by Gasteiger charge is -2.13. The molecule has 72 valence electrons. The van der Waals surface area contributed by atoms with Crippen molar-refractivity contribution in [3.63, 3.8) is 0 Å². The van der Waals surface area contributed by atoms with Gasteiger partial charge < -0.3 is 4.90 Å². The van der Waals surface area contributed by atoms with Gasteiger partial charge in [0.2, 0.25) is 5.91 Å². The van der Waals surface area contributed by atoms with Gasteiger partial charge in [0.1, 0.15) is 5.82 Å². The first kappa shape index (κ1) is 8.87. The zero-order valence-electron chi connectivity index (χ0n) is 7.37. The molecule has 4 heteroatoms. The molecule has 1 amide bonds. The first-order chi connectivity index (χ1) is 6.66. The summed E-state index contributed by atoms with van der Waals surface area (Å²) in [6, 6.07) is 5.67. The average Bonchev–Trinajstić information content (AvgIpc) is 2.45. The number of Topliss-reactive ketones (excluding diaryl/α,β-unsaturated/α-hetero) is 1. The van der Waals surface area contributed by atoms with Crippen LogP contribution in [0.2, 0.25) is 0 Å². The van der Waals surface area contributed by atoms with Crippen LogP contribution in [0.25, 0.3) is 0 Å². The van der Waals surface area contributed by atoms with Crippen molar-refractivity contribution in [3.05, 3.63) is 30.1 Å². The predicted octanol–water partition coefficient (Wildman–Crippen LogP) is 1.13. The Balaban J connectivity index is 2.31. The number of carbonyl (C=O) groups excluding carboxylic acids is 2. The monoisotopic (exact) mass is 193 g/mol. The first-order valence-corrected chi connectivity index (χ1v) is 4.24. The summed E-state index contributed by atoms with van der Waals surface area (Å²) in [6.07, 6.45) is -0.0729. The van der Waals surface area contributed by atoms with Gasteiger partial charge in [-0.3, -0.25) is 9.59 Å². The number of benzene rings is 1. The van der Waals surface area contributed by atoms with Crippen LogP contribution in [0.5, 0.6) is 0 Å². The molecule has 1 aliphatic heterocycles. The predicted molar refractivity (Wildman–Crippen MR) is 48.4 cm³/mol. The second-order valence-electron chi connectivity index (χ2n) is 3.18. The molecule has 1 aromatic rings. The van der Waals surface area contributed by atoms with Crippen molar-refractivity contribution >= 4 is 17.4 Å². The Morgan fingerprint density at radius 2 is 2.07 bits per heavy atom. The van der Waals surface area contributed by atoms with Gasteiger partial charge in [0, 0.05) is 5.69 Å². The third-order valence-corrected chi connectivity index (χ3v) is 2.10. The molecule has 1 saturated heterocycles. The number of rotatable bonds is 1. The van der Waals surface area contributed by atoms with Gasteiger partial charge in [0.05, 0.1) is 13.0 Å². The summed E-state index contributed by atoms with van der Waals surface area (Å²) in [5, 5.41) is 0. The van der Waals surface area contributed by atoms with Gasteiger partial charge in [-0.15, -0.1) is 0 Å². The third-order valence-electron chi connectivity index (χ3n) is 2.10. The largest absolute Gasteiger partial charge is 0.304 e. The van der Waals surface area contributed by atoms with E-state index < -0.39 is 5.82 Å². The van der Waals surface area contributed by atoms with E-state index in [2.05, 4.69) is 0 Å². The van der Waals surface area contributed by atoms with Crippen LogP contribution in [0.15, 0.2) is 24.3 Å². The summed E-state index contributed by atoms with van der Waals surface area (Å²) < 4.78 is 12.8. The maximum absolute atomic E-state index is 12.8. The Bertz CT molecular complexity index is 403. The van der Waals surface area contributed by atoms with E-state index in [0.29, 0.717) is 5.69 Å². The van der Waals surface area contributed by atoms with E-state index in [4.69, 9.17) is 0 Å². The highest BCUT2D eigenvalue weighted by Crippen LogP contribution is 2.20. The van der Waals surface area contributed by atoms with Gasteiger partial charge >= 0.3 is 0 Å². The van der Waals surface area contributed by atoms with Crippen LogP contribution in [-0.4, -0.2) is 18.2 Å². The Labute approximate surface area is 80.1 Å². The molecule has 3 nitrogen and oxygen atoms in total. The molecule has 0 bridgehead atoms. The van der Waals surface area contributed by atoms with Gasteiger partial charge in [0.15, 0.2) is 5.78 Å². The molecule has 0 unspecified atom stereocenters. The maximum atomic E-state index is 12.8. The van der Waals surface area contributed by atoms with Crippen LogP contribution in [0.1, 0.15) is 6.42 Å². The summed E-state index contributed by atoms with van der Waals surface area (Å²) in [5.41, 5.74) is 0.445. The molecule has 1 aliphatic rings. The van der Waals surface area contributed by atoms with Crippen molar-refractivity contribution in [2.45, 2.75) is 6.42 Å². The van der Waals surface area contributed by atoms with Gasteiger partial charge in [-0.1, -0.05) is 6.07 Å². The molecule has 0 aliphatic carbocycles. The lowest BCUT2D eigenvalue weighted by Crippen LogP contribution is -2.24. The molecule has 1 aromatic carbocycles. The van der Waals surface area contributed by atoms with Crippen LogP contribution in [0.3, 0.4) is 0 Å². The minimum atomic E-state index is -0.408. The number of hydrogen-bond acceptors (Lipinski definition) is 2. The molecule has 0 radical (unpaired) electrons. The first-order valence-electron chi connectivity index (χ1n) is 4.24. The lowest BCUT2D eigenvalue weighted by atomic mass is 10.3. The summed E-state index contributed by atoms with van der Waals surface area (Å²) in [5.74, 6) is -0.797. The molecular weight excluding hydrogens is 185 g/mol. The second kappa shape index (κ2) is 3.21. The number of nitrogens with zero attached hydrogens (tertiary/aromatic N) is 1. The summed E-state index contributed by atoms with van der Waals surface area (Å²) >= 11 is 0. The van der Waals surface area contributed by atoms with E-state index in [9.17, 15) is 14.0 Å². The fourth-order valence-electron chi connectivity index (χ4n) is 1.46. The highest BCUT2D eigenvalue weighted by atomic mass is 19.1. The van der Waals surface area contributed by atoms with Crippen LogP contribution in [0.4, 0.5) is 10.1 Å². The number of hydrogen-bond donors (Lipinski definition) is 0. The van der Waals surface area contributed by atoms with Gasteiger partial charge in [0.25, 0.3) is 0 Å². The molecule has 0 N–H and O–H groups in total. The molecule has 0 aromatic heterocycles. The van der Waals surface area contributed by atoms with E-state index in [-0.39, 0.29) is 24.7 Å².